The maximum atomic E-state index is 8.12. The number of benzene rings is 8. The summed E-state index contributed by atoms with van der Waals surface area (Å²) in [5.74, 6) is 0.328. The van der Waals surface area contributed by atoms with E-state index in [0.717, 1.165) is 64.3 Å². The number of aromatic nitrogens is 8. The molecule has 128 heavy (non-hydrogen) atoms. The van der Waals surface area contributed by atoms with E-state index < -0.39 is 32.3 Å². The normalized spacial score (nSPS) is 12.4. The van der Waals surface area contributed by atoms with Gasteiger partial charge < -0.3 is 39.9 Å². The standard InChI is InChI=1S/C18H24NSi.2C17H22NSi.C16H20NSi.4C11H8N.4Ir/c1-18(2,3)15-12-16(14-10-8-7-9-11-14)19-13-17(15)20(4,5)6;1-13(2)15-11-16(14-9-7-6-8-10-14)18-12-17(15)19(3,4)5;1-5-9-15-12-16(14-10-7-6-8-11-14)18-13-17(15)19(2,3)4;1-5-13-11-15(14-9-7-6-8-10-14)17-12-16(13)18(2,3)4;4*1-2-6-10(7-3-1)11-8-4-5-9-12-11;;;;/h7-10,12-13H,1-6H3;6-9,11-13H,1-5H3;6-8,10,12-13H,5,9H2,1-4H3;6-9,11-12H,5H2,1-4H3;4*1-6,8-9H;;;;/q8*-1;;;;/i7D,8D,9D,10D;6D,7D,8D,9D;6D,7D,8D,10D;6D,7D,8D,9D;;;;;;;;. The molecular formula is C112H120Ir4N8Si4-8. The fourth-order valence-corrected chi connectivity index (χ4v) is 19.4. The minimum Gasteiger partial charge on any atom is -0.305 e. The van der Waals surface area contributed by atoms with Gasteiger partial charge in [-0.1, -0.05) is 223 Å². The van der Waals surface area contributed by atoms with Crippen molar-refractivity contribution in [2.24, 2.45) is 0 Å². The first-order valence-electron chi connectivity index (χ1n) is 49.6. The molecular weight excluding hydrogens is 2340 g/mol. The molecule has 4 radical (unpaired) electrons. The molecule has 8 aromatic heterocycles. The molecule has 0 fully saturated rings. The Bertz CT molecular complexity index is 6360. The third-order valence-corrected chi connectivity index (χ3v) is 27.2. The zero-order chi connectivity index (χ0) is 103. The molecule has 0 N–H and O–H groups in total. The van der Waals surface area contributed by atoms with Crippen LogP contribution in [0.5, 0.6) is 0 Å². The number of hydrogen-bond acceptors (Lipinski definition) is 8. The van der Waals surface area contributed by atoms with Gasteiger partial charge in [-0.25, -0.2) is 0 Å². The summed E-state index contributed by atoms with van der Waals surface area (Å²) in [4.78, 5) is 34.8. The van der Waals surface area contributed by atoms with Crippen LogP contribution >= 0.6 is 0 Å². The fraction of sp³-hybridized carbons (Fsp3) is 0.214. The molecule has 16 heteroatoms. The molecule has 0 atom stereocenters. The van der Waals surface area contributed by atoms with Crippen molar-refractivity contribution in [1.82, 2.24) is 39.9 Å². The molecule has 0 aliphatic heterocycles. The predicted molar refractivity (Wildman–Crippen MR) is 536 cm³/mol. The predicted octanol–water partition coefficient (Wildman–Crippen LogP) is 26.5. The molecule has 0 aliphatic rings. The van der Waals surface area contributed by atoms with Crippen LogP contribution in [0.25, 0.3) is 90.1 Å². The van der Waals surface area contributed by atoms with Crippen molar-refractivity contribution in [2.45, 2.75) is 158 Å². The largest absolute Gasteiger partial charge is 0.305 e. The number of nitrogens with zero attached hydrogens (tertiary/aromatic N) is 8. The Morgan fingerprint density at radius 3 is 0.852 bits per heavy atom. The Hall–Kier alpha value is -9.58. The van der Waals surface area contributed by atoms with Gasteiger partial charge in [-0.15, -0.1) is 287 Å². The van der Waals surface area contributed by atoms with E-state index in [4.69, 9.17) is 21.9 Å². The van der Waals surface area contributed by atoms with Gasteiger partial charge in [0.05, 0.1) is 32.3 Å². The van der Waals surface area contributed by atoms with Crippen LogP contribution in [0.15, 0.2) is 340 Å². The smallest absolute Gasteiger partial charge is 0.0799 e. The van der Waals surface area contributed by atoms with Gasteiger partial charge in [0, 0.05) is 141 Å². The number of pyridine rings is 8. The van der Waals surface area contributed by atoms with Crippen LogP contribution in [0.3, 0.4) is 0 Å². The van der Waals surface area contributed by atoms with Gasteiger partial charge in [0.25, 0.3) is 0 Å². The molecule has 0 saturated heterocycles. The Kier molecular flexibility index (Phi) is 36.5. The van der Waals surface area contributed by atoms with Crippen LogP contribution < -0.4 is 20.7 Å². The van der Waals surface area contributed by atoms with Gasteiger partial charge in [0.2, 0.25) is 0 Å². The Labute approximate surface area is 847 Å². The molecule has 16 rings (SSSR count). The monoisotopic (exact) mass is 2480 g/mol. The maximum absolute atomic E-state index is 8.12. The van der Waals surface area contributed by atoms with E-state index in [9.17, 15) is 0 Å². The second kappa shape index (κ2) is 54.8. The third-order valence-electron chi connectivity index (χ3n) is 19.0. The van der Waals surface area contributed by atoms with E-state index in [0.29, 0.717) is 50.9 Å². The van der Waals surface area contributed by atoms with Gasteiger partial charge in [0.15, 0.2) is 0 Å². The first-order valence-corrected chi connectivity index (χ1v) is 55.6. The Balaban J connectivity index is 0.000000293. The minimum atomic E-state index is -1.58. The second-order valence-corrected chi connectivity index (χ2v) is 54.4. The second-order valence-electron chi connectivity index (χ2n) is 34.2. The molecule has 0 saturated carbocycles. The van der Waals surface area contributed by atoms with Crippen molar-refractivity contribution in [3.63, 3.8) is 0 Å². The van der Waals surface area contributed by atoms with Crippen molar-refractivity contribution >= 4 is 53.0 Å². The summed E-state index contributed by atoms with van der Waals surface area (Å²) >= 11 is 0. The number of hydrogen-bond donors (Lipinski definition) is 0. The molecule has 0 unspecified atom stereocenters. The van der Waals surface area contributed by atoms with E-state index in [1.54, 1.807) is 24.8 Å². The van der Waals surface area contributed by atoms with Crippen molar-refractivity contribution in [3.05, 3.63) is 411 Å². The SMILES string of the molecule is [2H]c1[c-]c(-c2cc(C(C)(C)C)c([Si](C)(C)C)cn2)c([2H])c([2H])c1[2H].[2H]c1[c-]c(-c2cc(C(C)C)c([Si](C)(C)C)cn2)c([2H])c([2H])c1[2H].[2H]c1[c-]c(-c2cc(CC)c([Si](C)(C)C)cn2)c([2H])c([2H])c1[2H].[2H]c1[c-]c(-c2cc(CCC)c([Si](C)(C)C)cn2)c([2H])c([2H])c1[2H].[Ir].[Ir].[Ir].[Ir].[c-]1ccccc1-c1ccccn1.[c-]1ccccc1-c1ccccn1.[c-]1ccccc1-c1ccccn1.[c-]1ccccc1-c1ccccn1. The van der Waals surface area contributed by atoms with Gasteiger partial charge >= 0.3 is 0 Å². The number of aryl methyl sites for hydroxylation is 2. The summed E-state index contributed by atoms with van der Waals surface area (Å²) in [6.45, 7) is 42.2. The zero-order valence-electron chi connectivity index (χ0n) is 92.2. The summed E-state index contributed by atoms with van der Waals surface area (Å²) in [7, 11) is -6.11. The van der Waals surface area contributed by atoms with Crippen molar-refractivity contribution in [2.75, 3.05) is 0 Å². The molecule has 16 aromatic rings. The fourth-order valence-electron chi connectivity index (χ4n) is 12.7. The molecule has 0 bridgehead atoms. The van der Waals surface area contributed by atoms with Gasteiger partial charge in [0.1, 0.15) is 0 Å². The van der Waals surface area contributed by atoms with Crippen LogP contribution in [0.1, 0.15) is 105 Å². The average molecular weight is 2480 g/mol. The van der Waals surface area contributed by atoms with Crippen molar-refractivity contribution in [1.29, 1.82) is 0 Å². The summed E-state index contributed by atoms with van der Waals surface area (Å²) in [6, 6.07) is 83.1. The van der Waals surface area contributed by atoms with E-state index >= 15 is 0 Å². The van der Waals surface area contributed by atoms with Crippen LogP contribution in [0, 0.1) is 48.5 Å². The van der Waals surface area contributed by atoms with Gasteiger partial charge in [-0.2, -0.15) is 0 Å². The van der Waals surface area contributed by atoms with Crippen LogP contribution in [-0.2, 0) is 98.7 Å². The number of rotatable bonds is 16. The Morgan fingerprint density at radius 1 is 0.305 bits per heavy atom. The zero-order valence-corrected chi connectivity index (χ0v) is 89.8. The topological polar surface area (TPSA) is 103 Å². The summed E-state index contributed by atoms with van der Waals surface area (Å²) < 4.78 is 125. The van der Waals surface area contributed by atoms with E-state index in [2.05, 4.69) is 215 Å². The molecule has 0 amide bonds. The average Bonchev–Trinajstić information content (AvgIpc) is 0.758. The molecule has 0 aliphatic carbocycles. The third kappa shape index (κ3) is 35.4. The summed E-state index contributed by atoms with van der Waals surface area (Å²) in [5, 5.41) is 5.17. The quantitative estimate of drug-likeness (QED) is 0.0696. The van der Waals surface area contributed by atoms with Gasteiger partial charge in [-0.3, -0.25) is 0 Å². The molecule has 8 heterocycles. The van der Waals surface area contributed by atoms with Crippen molar-refractivity contribution < 1.29 is 102 Å². The summed E-state index contributed by atoms with van der Waals surface area (Å²) in [5.41, 5.74) is 16.4. The van der Waals surface area contributed by atoms with Crippen LogP contribution in [-0.4, -0.2) is 72.2 Å². The van der Waals surface area contributed by atoms with Crippen molar-refractivity contribution in [3.8, 4) is 90.1 Å². The summed E-state index contributed by atoms with van der Waals surface area (Å²) in [6.07, 6.45) is 17.5. The maximum Gasteiger partial charge on any atom is 0.0799 e. The van der Waals surface area contributed by atoms with E-state index in [-0.39, 0.29) is 183 Å². The van der Waals surface area contributed by atoms with Crippen LogP contribution in [0.4, 0.5) is 0 Å². The first-order chi connectivity index (χ1) is 66.1. The first kappa shape index (κ1) is 85.2. The molecule has 8 nitrogen and oxygen atoms in total. The van der Waals surface area contributed by atoms with Crippen LogP contribution in [0.2, 0.25) is 78.6 Å². The molecule has 8 aromatic carbocycles. The van der Waals surface area contributed by atoms with E-state index in [1.807, 2.05) is 219 Å². The molecule has 0 spiro atoms. The minimum absolute atomic E-state index is 0. The molecule has 668 valence electrons. The van der Waals surface area contributed by atoms with E-state index in [1.165, 1.54) is 43.0 Å². The Morgan fingerprint density at radius 2 is 0.586 bits per heavy atom. The van der Waals surface area contributed by atoms with Gasteiger partial charge in [-0.05, 0) is 131 Å².